The van der Waals surface area contributed by atoms with Crippen LogP contribution in [0.15, 0.2) is 66.7 Å². The number of rotatable bonds is 6. The third-order valence-corrected chi connectivity index (χ3v) is 7.10. The number of carbonyl (C=O) groups is 4. The summed E-state index contributed by atoms with van der Waals surface area (Å²) >= 11 is 0. The molecule has 0 saturated heterocycles. The Kier molecular flexibility index (Phi) is 10.4. The van der Waals surface area contributed by atoms with E-state index in [0.29, 0.717) is 24.5 Å². The SMILES string of the molecule is COc1cccc(CCNC(=O)[C@@H]2Cc3ccc(cc3)Oc3ccc(O)c(c3)C(=O)N[C@@H]([C@@H](C)O)C(=O)N[C@@H](C)C(=O)N2)c1. The number of aromatic hydroxyl groups is 1. The van der Waals surface area contributed by atoms with Crippen molar-refractivity contribution in [2.45, 2.75) is 50.9 Å². The zero-order valence-electron chi connectivity index (χ0n) is 24.6. The standard InChI is InChI=1S/C32H36N4O8/c1-18-29(39)35-26(31(41)33-14-13-20-5-4-6-23(15-20)43-3)16-21-7-9-22(10-8-21)44-24-11-12-27(38)25(17-24)30(40)36-28(19(2)37)32(42)34-18/h4-12,15,17-19,26,28,37-38H,13-14,16H2,1-3H3,(H,33,41)(H,34,42)(H,35,39)(H,36,40)/t18-,19+,26-,28-/m0/s1. The van der Waals surface area contributed by atoms with Gasteiger partial charge in [-0.15, -0.1) is 0 Å². The molecule has 2 aliphatic heterocycles. The van der Waals surface area contributed by atoms with Gasteiger partial charge in [-0.05, 0) is 73.9 Å². The highest BCUT2D eigenvalue weighted by Gasteiger charge is 2.31. The molecule has 2 heterocycles. The summed E-state index contributed by atoms with van der Waals surface area (Å²) in [6.45, 7) is 3.03. The Morgan fingerprint density at radius 1 is 1.00 bits per heavy atom. The fourth-order valence-corrected chi connectivity index (χ4v) is 4.61. The zero-order chi connectivity index (χ0) is 31.8. The molecule has 4 bridgehead atoms. The van der Waals surface area contributed by atoms with Gasteiger partial charge < -0.3 is 41.0 Å². The number of nitrogens with one attached hydrogen (secondary N) is 4. The Hall–Kier alpha value is -5.10. The first-order valence-corrected chi connectivity index (χ1v) is 14.1. The van der Waals surface area contributed by atoms with Crippen molar-refractivity contribution in [3.8, 4) is 23.0 Å². The van der Waals surface area contributed by atoms with E-state index in [0.717, 1.165) is 11.1 Å². The van der Waals surface area contributed by atoms with Gasteiger partial charge in [0.1, 0.15) is 41.1 Å². The largest absolute Gasteiger partial charge is 0.507 e. The zero-order valence-corrected chi connectivity index (χ0v) is 24.6. The van der Waals surface area contributed by atoms with Crippen LogP contribution in [-0.2, 0) is 27.2 Å². The molecule has 12 heteroatoms. The van der Waals surface area contributed by atoms with E-state index < -0.39 is 47.9 Å². The molecule has 0 saturated carbocycles. The van der Waals surface area contributed by atoms with Gasteiger partial charge in [-0.25, -0.2) is 0 Å². The number of aliphatic hydroxyl groups excluding tert-OH is 1. The molecule has 5 rings (SSSR count). The number of phenolic OH excluding ortho intramolecular Hbond substituents is 1. The van der Waals surface area contributed by atoms with E-state index in [2.05, 4.69) is 21.3 Å². The summed E-state index contributed by atoms with van der Waals surface area (Å²) in [4.78, 5) is 52.5. The van der Waals surface area contributed by atoms with Crippen molar-refractivity contribution in [1.29, 1.82) is 0 Å². The van der Waals surface area contributed by atoms with Crippen LogP contribution in [0, 0.1) is 0 Å². The van der Waals surface area contributed by atoms with Crippen molar-refractivity contribution < 1.29 is 38.9 Å². The second-order valence-electron chi connectivity index (χ2n) is 10.5. The molecule has 0 spiro atoms. The summed E-state index contributed by atoms with van der Waals surface area (Å²) in [5.41, 5.74) is 1.51. The van der Waals surface area contributed by atoms with Crippen molar-refractivity contribution in [2.24, 2.45) is 0 Å². The molecule has 4 atom stereocenters. The number of hydrogen-bond acceptors (Lipinski definition) is 8. The number of ether oxygens (including phenoxy) is 2. The second-order valence-corrected chi connectivity index (χ2v) is 10.5. The van der Waals surface area contributed by atoms with E-state index in [1.807, 2.05) is 24.3 Å². The lowest BCUT2D eigenvalue weighted by atomic mass is 10.0. The first-order chi connectivity index (χ1) is 21.0. The van der Waals surface area contributed by atoms with Crippen molar-refractivity contribution >= 4 is 23.6 Å². The molecule has 2 aliphatic rings. The number of hydrogen-bond donors (Lipinski definition) is 6. The lowest BCUT2D eigenvalue weighted by Crippen LogP contribution is -2.58. The molecule has 0 unspecified atom stereocenters. The lowest BCUT2D eigenvalue weighted by Gasteiger charge is -2.25. The number of fused-ring (bicyclic) bond motifs is 11. The Bertz CT molecular complexity index is 1510. The Morgan fingerprint density at radius 3 is 2.43 bits per heavy atom. The van der Waals surface area contributed by atoms with Crippen LogP contribution in [0.4, 0.5) is 0 Å². The summed E-state index contributed by atoms with van der Waals surface area (Å²) in [5, 5.41) is 31.0. The van der Waals surface area contributed by atoms with Gasteiger partial charge in [-0.2, -0.15) is 0 Å². The molecule has 4 amide bonds. The van der Waals surface area contributed by atoms with Crippen molar-refractivity contribution in [3.05, 3.63) is 83.4 Å². The number of phenols is 1. The topological polar surface area (TPSA) is 175 Å². The van der Waals surface area contributed by atoms with Gasteiger partial charge >= 0.3 is 0 Å². The first-order valence-electron chi connectivity index (χ1n) is 14.1. The van der Waals surface area contributed by atoms with Crippen LogP contribution in [0.1, 0.15) is 35.3 Å². The molecule has 12 nitrogen and oxygen atoms in total. The minimum absolute atomic E-state index is 0.146. The van der Waals surface area contributed by atoms with E-state index in [1.165, 1.54) is 32.0 Å². The van der Waals surface area contributed by atoms with E-state index in [-0.39, 0.29) is 23.5 Å². The van der Waals surface area contributed by atoms with Gasteiger partial charge in [-0.3, -0.25) is 19.2 Å². The first kappa shape index (κ1) is 31.8. The maximum absolute atomic E-state index is 13.3. The normalized spacial score (nSPS) is 19.7. The predicted molar refractivity (Wildman–Crippen MR) is 161 cm³/mol. The van der Waals surface area contributed by atoms with Crippen molar-refractivity contribution in [1.82, 2.24) is 21.3 Å². The highest BCUT2D eigenvalue weighted by Crippen LogP contribution is 2.28. The van der Waals surface area contributed by atoms with Gasteiger partial charge in [0, 0.05) is 13.0 Å². The van der Waals surface area contributed by atoms with Crippen LogP contribution in [0.5, 0.6) is 23.0 Å². The predicted octanol–water partition coefficient (Wildman–Crippen LogP) is 1.58. The van der Waals surface area contributed by atoms with E-state index in [1.54, 1.807) is 31.4 Å². The molecule has 44 heavy (non-hydrogen) atoms. The van der Waals surface area contributed by atoms with Crippen LogP contribution in [0.25, 0.3) is 0 Å². The number of benzene rings is 3. The number of carbonyl (C=O) groups excluding carboxylic acids is 4. The minimum atomic E-state index is -1.46. The summed E-state index contributed by atoms with van der Waals surface area (Å²) in [7, 11) is 1.58. The molecule has 3 aromatic rings. The molecule has 6 N–H and O–H groups in total. The Labute approximate surface area is 254 Å². The van der Waals surface area contributed by atoms with Crippen molar-refractivity contribution in [3.63, 3.8) is 0 Å². The maximum Gasteiger partial charge on any atom is 0.255 e. The average molecular weight is 605 g/mol. The monoisotopic (exact) mass is 604 g/mol. The Morgan fingerprint density at radius 2 is 1.73 bits per heavy atom. The average Bonchev–Trinajstić information content (AvgIpc) is 3.00. The molecule has 0 radical (unpaired) electrons. The highest BCUT2D eigenvalue weighted by atomic mass is 16.5. The van der Waals surface area contributed by atoms with Crippen LogP contribution in [0.2, 0.25) is 0 Å². The van der Waals surface area contributed by atoms with Crippen LogP contribution >= 0.6 is 0 Å². The molecular formula is C32H36N4O8. The van der Waals surface area contributed by atoms with Gasteiger partial charge in [0.15, 0.2) is 0 Å². The molecule has 0 fully saturated rings. The lowest BCUT2D eigenvalue weighted by molar-refractivity contribution is -0.133. The molecule has 0 aromatic heterocycles. The summed E-state index contributed by atoms with van der Waals surface area (Å²) < 4.78 is 11.1. The van der Waals surface area contributed by atoms with E-state index in [4.69, 9.17) is 9.47 Å². The summed E-state index contributed by atoms with van der Waals surface area (Å²) in [6.07, 6.45) is -0.663. The van der Waals surface area contributed by atoms with Crippen LogP contribution in [-0.4, -0.2) is 71.7 Å². The minimum Gasteiger partial charge on any atom is -0.507 e. The fourth-order valence-electron chi connectivity index (χ4n) is 4.61. The maximum atomic E-state index is 13.3. The molecular weight excluding hydrogens is 568 g/mol. The Balaban J connectivity index is 1.58. The van der Waals surface area contributed by atoms with Gasteiger partial charge in [0.2, 0.25) is 17.7 Å². The third kappa shape index (κ3) is 8.26. The van der Waals surface area contributed by atoms with Crippen LogP contribution < -0.4 is 30.7 Å². The number of aliphatic hydroxyl groups is 1. The second kappa shape index (κ2) is 14.4. The fraction of sp³-hybridized carbons (Fsp3) is 0.312. The number of amides is 4. The van der Waals surface area contributed by atoms with Crippen molar-refractivity contribution in [2.75, 3.05) is 13.7 Å². The van der Waals surface area contributed by atoms with E-state index in [9.17, 15) is 29.4 Å². The van der Waals surface area contributed by atoms with E-state index >= 15 is 0 Å². The summed E-state index contributed by atoms with van der Waals surface area (Å²) in [6, 6.07) is 14.8. The number of methoxy groups -OCH3 is 1. The molecule has 3 aromatic carbocycles. The highest BCUT2D eigenvalue weighted by molar-refractivity contribution is 6.00. The molecule has 0 aliphatic carbocycles. The third-order valence-electron chi connectivity index (χ3n) is 7.10. The van der Waals surface area contributed by atoms with Gasteiger partial charge in [0.05, 0.1) is 18.8 Å². The van der Waals surface area contributed by atoms with Crippen LogP contribution in [0.3, 0.4) is 0 Å². The van der Waals surface area contributed by atoms with Gasteiger partial charge in [0.25, 0.3) is 5.91 Å². The quantitative estimate of drug-likeness (QED) is 0.230. The smallest absolute Gasteiger partial charge is 0.255 e. The van der Waals surface area contributed by atoms with Gasteiger partial charge in [-0.1, -0.05) is 24.3 Å². The molecule has 232 valence electrons. The summed E-state index contributed by atoms with van der Waals surface area (Å²) in [5.74, 6) is -1.72.